The summed E-state index contributed by atoms with van der Waals surface area (Å²) in [4.78, 5) is 0. The Morgan fingerprint density at radius 2 is 1.93 bits per heavy atom. The fourth-order valence-electron chi connectivity index (χ4n) is 1.63. The van der Waals surface area contributed by atoms with Gasteiger partial charge in [0.1, 0.15) is 0 Å². The van der Waals surface area contributed by atoms with E-state index in [9.17, 15) is 0 Å². The summed E-state index contributed by atoms with van der Waals surface area (Å²) < 4.78 is 0. The van der Waals surface area contributed by atoms with Crippen LogP contribution in [0.1, 0.15) is 11.1 Å². The van der Waals surface area contributed by atoms with Gasteiger partial charge in [-0.1, -0.05) is 18.2 Å². The predicted octanol–water partition coefficient (Wildman–Crippen LogP) is 2.35. The summed E-state index contributed by atoms with van der Waals surface area (Å²) in [5, 5.41) is 6.80. The lowest BCUT2D eigenvalue weighted by Gasteiger charge is -2.09. The molecule has 0 amide bonds. The molecule has 1 aliphatic heterocycles. The van der Waals surface area contributed by atoms with Crippen LogP contribution < -0.4 is 10.6 Å². The monoisotopic (exact) mass is 234 g/mol. The van der Waals surface area contributed by atoms with Crippen molar-refractivity contribution in [1.29, 1.82) is 0 Å². The molecule has 0 aliphatic carbocycles. The molecule has 0 spiro atoms. The lowest BCUT2D eigenvalue weighted by molar-refractivity contribution is 0.725. The molecule has 14 heavy (non-hydrogen) atoms. The fraction of sp³-hybridized carbons (Fsp3) is 0.400. The van der Waals surface area contributed by atoms with Crippen molar-refractivity contribution >= 4 is 30.5 Å². The molecule has 1 aliphatic rings. The van der Waals surface area contributed by atoms with Crippen molar-refractivity contribution in [1.82, 2.24) is 5.32 Å². The summed E-state index contributed by atoms with van der Waals surface area (Å²) in [7, 11) is 0. The van der Waals surface area contributed by atoms with E-state index in [-0.39, 0.29) is 24.8 Å². The molecule has 1 aromatic rings. The molecule has 0 saturated heterocycles. The Hall–Kier alpha value is -0.440. The number of rotatable bonds is 0. The summed E-state index contributed by atoms with van der Waals surface area (Å²) in [5.41, 5.74) is 4.05. The molecule has 1 heterocycles. The van der Waals surface area contributed by atoms with E-state index in [0.717, 1.165) is 19.6 Å². The van der Waals surface area contributed by atoms with E-state index >= 15 is 0 Å². The highest BCUT2D eigenvalue weighted by atomic mass is 35.5. The third-order valence-electron chi connectivity index (χ3n) is 2.28. The normalized spacial score (nSPS) is 13.8. The Labute approximate surface area is 97.3 Å². The number of anilines is 1. The minimum atomic E-state index is 0. The highest BCUT2D eigenvalue weighted by molar-refractivity contribution is 5.85. The zero-order valence-corrected chi connectivity index (χ0v) is 9.80. The van der Waals surface area contributed by atoms with Gasteiger partial charge in [-0.05, 0) is 18.1 Å². The number of hydrogen-bond donors (Lipinski definition) is 2. The van der Waals surface area contributed by atoms with Gasteiger partial charge in [-0.25, -0.2) is 0 Å². The SMILES string of the molecule is Cc1cccc2c1NCCNC2.Cl.Cl. The maximum atomic E-state index is 3.43. The van der Waals surface area contributed by atoms with Crippen LogP contribution in [0.25, 0.3) is 0 Å². The van der Waals surface area contributed by atoms with Gasteiger partial charge < -0.3 is 10.6 Å². The van der Waals surface area contributed by atoms with Gasteiger partial charge in [-0.3, -0.25) is 0 Å². The lowest BCUT2D eigenvalue weighted by atomic mass is 10.1. The Kier molecular flexibility index (Phi) is 5.93. The maximum Gasteiger partial charge on any atom is 0.0415 e. The number of halogens is 2. The standard InChI is InChI=1S/C10H14N2.2ClH/c1-8-3-2-4-9-7-11-5-6-12-10(8)9;;/h2-4,11-12H,5-7H2,1H3;2*1H. The summed E-state index contributed by atoms with van der Waals surface area (Å²) in [6.07, 6.45) is 0. The quantitative estimate of drug-likeness (QED) is 0.721. The van der Waals surface area contributed by atoms with Crippen LogP contribution in [0, 0.1) is 6.92 Å². The molecule has 0 saturated carbocycles. The van der Waals surface area contributed by atoms with Crippen LogP contribution in [0.5, 0.6) is 0 Å². The number of para-hydroxylation sites is 1. The molecule has 2 rings (SSSR count). The Morgan fingerprint density at radius 3 is 2.71 bits per heavy atom. The van der Waals surface area contributed by atoms with E-state index in [2.05, 4.69) is 35.8 Å². The van der Waals surface area contributed by atoms with Gasteiger partial charge in [0.15, 0.2) is 0 Å². The van der Waals surface area contributed by atoms with Crippen molar-refractivity contribution in [3.63, 3.8) is 0 Å². The number of nitrogens with one attached hydrogen (secondary N) is 2. The average Bonchev–Trinajstić information content (AvgIpc) is 2.30. The molecule has 0 aromatic heterocycles. The van der Waals surface area contributed by atoms with Crippen molar-refractivity contribution in [3.05, 3.63) is 29.3 Å². The summed E-state index contributed by atoms with van der Waals surface area (Å²) >= 11 is 0. The third kappa shape index (κ3) is 2.77. The lowest BCUT2D eigenvalue weighted by Crippen LogP contribution is -2.16. The molecular formula is C10H16Cl2N2. The van der Waals surface area contributed by atoms with Crippen LogP contribution in [0.4, 0.5) is 5.69 Å². The Morgan fingerprint density at radius 1 is 1.14 bits per heavy atom. The van der Waals surface area contributed by atoms with Crippen molar-refractivity contribution in [2.75, 3.05) is 18.4 Å². The number of benzene rings is 1. The molecule has 0 unspecified atom stereocenters. The minimum absolute atomic E-state index is 0. The first-order chi connectivity index (χ1) is 5.88. The van der Waals surface area contributed by atoms with Gasteiger partial charge in [0.2, 0.25) is 0 Å². The van der Waals surface area contributed by atoms with E-state index in [1.165, 1.54) is 16.8 Å². The highest BCUT2D eigenvalue weighted by Crippen LogP contribution is 2.20. The van der Waals surface area contributed by atoms with Crippen LogP contribution in [0.3, 0.4) is 0 Å². The van der Waals surface area contributed by atoms with Crippen LogP contribution >= 0.6 is 24.8 Å². The summed E-state index contributed by atoms with van der Waals surface area (Å²) in [6.45, 7) is 5.22. The number of hydrogen-bond acceptors (Lipinski definition) is 2. The summed E-state index contributed by atoms with van der Waals surface area (Å²) in [6, 6.07) is 6.44. The molecule has 80 valence electrons. The van der Waals surface area contributed by atoms with E-state index in [0.29, 0.717) is 0 Å². The van der Waals surface area contributed by atoms with Gasteiger partial charge in [-0.15, -0.1) is 24.8 Å². The van der Waals surface area contributed by atoms with Crippen LogP contribution in [0.2, 0.25) is 0 Å². The molecule has 0 bridgehead atoms. The molecule has 2 N–H and O–H groups in total. The molecule has 0 radical (unpaired) electrons. The molecule has 1 aromatic carbocycles. The zero-order chi connectivity index (χ0) is 8.39. The van der Waals surface area contributed by atoms with Crippen LogP contribution in [-0.2, 0) is 6.54 Å². The fourth-order valence-corrected chi connectivity index (χ4v) is 1.63. The predicted molar refractivity (Wildman–Crippen MR) is 65.9 cm³/mol. The van der Waals surface area contributed by atoms with Crippen LogP contribution in [-0.4, -0.2) is 13.1 Å². The van der Waals surface area contributed by atoms with Crippen molar-refractivity contribution in [2.24, 2.45) is 0 Å². The highest BCUT2D eigenvalue weighted by Gasteiger charge is 2.06. The topological polar surface area (TPSA) is 24.1 Å². The largest absolute Gasteiger partial charge is 0.383 e. The van der Waals surface area contributed by atoms with Gasteiger partial charge in [0.05, 0.1) is 0 Å². The van der Waals surface area contributed by atoms with E-state index in [1.807, 2.05) is 0 Å². The molecular weight excluding hydrogens is 219 g/mol. The van der Waals surface area contributed by atoms with Gasteiger partial charge >= 0.3 is 0 Å². The summed E-state index contributed by atoms with van der Waals surface area (Å²) in [5.74, 6) is 0. The molecule has 0 atom stereocenters. The Balaban J connectivity index is 0.000000845. The third-order valence-corrected chi connectivity index (χ3v) is 2.28. The first kappa shape index (κ1) is 13.6. The number of fused-ring (bicyclic) bond motifs is 1. The van der Waals surface area contributed by atoms with E-state index < -0.39 is 0 Å². The van der Waals surface area contributed by atoms with Gasteiger partial charge in [-0.2, -0.15) is 0 Å². The smallest absolute Gasteiger partial charge is 0.0415 e. The zero-order valence-electron chi connectivity index (χ0n) is 8.17. The van der Waals surface area contributed by atoms with Crippen LogP contribution in [0.15, 0.2) is 18.2 Å². The second-order valence-corrected chi connectivity index (χ2v) is 3.21. The first-order valence-corrected chi connectivity index (χ1v) is 4.41. The molecule has 0 fully saturated rings. The van der Waals surface area contributed by atoms with Gasteiger partial charge in [0.25, 0.3) is 0 Å². The second kappa shape index (κ2) is 6.12. The van der Waals surface area contributed by atoms with Crippen molar-refractivity contribution in [3.8, 4) is 0 Å². The van der Waals surface area contributed by atoms with Crippen molar-refractivity contribution in [2.45, 2.75) is 13.5 Å². The van der Waals surface area contributed by atoms with E-state index in [1.54, 1.807) is 0 Å². The van der Waals surface area contributed by atoms with E-state index in [4.69, 9.17) is 0 Å². The minimum Gasteiger partial charge on any atom is -0.383 e. The maximum absolute atomic E-state index is 3.43. The van der Waals surface area contributed by atoms with Gasteiger partial charge in [0, 0.05) is 25.3 Å². The Bertz CT molecular complexity index is 289. The second-order valence-electron chi connectivity index (χ2n) is 3.21. The molecule has 4 heteroatoms. The number of aryl methyl sites for hydroxylation is 1. The first-order valence-electron chi connectivity index (χ1n) is 4.41. The van der Waals surface area contributed by atoms with Crippen molar-refractivity contribution < 1.29 is 0 Å². The molecule has 2 nitrogen and oxygen atoms in total. The average molecular weight is 235 g/mol.